The van der Waals surface area contributed by atoms with Gasteiger partial charge in [-0.1, -0.05) is 0 Å². The molecule has 0 aromatic heterocycles. The van der Waals surface area contributed by atoms with Gasteiger partial charge in [-0.15, -0.1) is 0 Å². The van der Waals surface area contributed by atoms with Gasteiger partial charge in [0.1, 0.15) is 5.75 Å². The highest BCUT2D eigenvalue weighted by Gasteiger charge is 2.24. The Morgan fingerprint density at radius 1 is 1.37 bits per heavy atom. The van der Waals surface area contributed by atoms with E-state index in [1.807, 2.05) is 30.1 Å². The van der Waals surface area contributed by atoms with Gasteiger partial charge < -0.3 is 15.0 Å². The van der Waals surface area contributed by atoms with Crippen LogP contribution in [0, 0.1) is 0 Å². The molecule has 4 heteroatoms. The van der Waals surface area contributed by atoms with Crippen molar-refractivity contribution in [3.05, 3.63) is 29.3 Å². The van der Waals surface area contributed by atoms with E-state index in [1.54, 1.807) is 0 Å². The first-order valence-electron chi connectivity index (χ1n) is 6.99. The third-order valence-corrected chi connectivity index (χ3v) is 4.11. The number of piperidine rings is 1. The molecule has 102 valence electrons. The van der Waals surface area contributed by atoms with Crippen LogP contribution in [0.3, 0.4) is 0 Å². The Labute approximate surface area is 113 Å². The van der Waals surface area contributed by atoms with E-state index in [0.717, 1.165) is 55.8 Å². The zero-order valence-electron chi connectivity index (χ0n) is 11.3. The van der Waals surface area contributed by atoms with Crippen molar-refractivity contribution in [3.63, 3.8) is 0 Å². The second kappa shape index (κ2) is 5.21. The first-order chi connectivity index (χ1) is 9.25. The summed E-state index contributed by atoms with van der Waals surface area (Å²) >= 11 is 0. The minimum absolute atomic E-state index is 0.126. The standard InChI is InChI=1S/C15H20N2O2/c1-17(13-4-7-16-8-5-13)15(18)12-2-3-14-11(10-12)6-9-19-14/h2-3,10,13,16H,4-9H2,1H3. The van der Waals surface area contributed by atoms with Crippen LogP contribution in [-0.2, 0) is 6.42 Å². The lowest BCUT2D eigenvalue weighted by atomic mass is 10.0. The molecule has 1 amide bonds. The topological polar surface area (TPSA) is 41.6 Å². The number of carbonyl (C=O) groups is 1. The number of ether oxygens (including phenoxy) is 1. The molecule has 1 aromatic rings. The first kappa shape index (κ1) is 12.5. The monoisotopic (exact) mass is 260 g/mol. The smallest absolute Gasteiger partial charge is 0.253 e. The lowest BCUT2D eigenvalue weighted by Gasteiger charge is -2.31. The highest BCUT2D eigenvalue weighted by molar-refractivity contribution is 5.94. The number of carbonyl (C=O) groups excluding carboxylic acids is 1. The summed E-state index contributed by atoms with van der Waals surface area (Å²) < 4.78 is 5.48. The molecule has 0 aliphatic carbocycles. The number of amides is 1. The molecule has 2 aliphatic heterocycles. The molecule has 0 atom stereocenters. The number of benzene rings is 1. The Kier molecular flexibility index (Phi) is 3.42. The summed E-state index contributed by atoms with van der Waals surface area (Å²) in [6, 6.07) is 6.15. The maximum absolute atomic E-state index is 12.5. The van der Waals surface area contributed by atoms with Crippen LogP contribution in [0.1, 0.15) is 28.8 Å². The molecule has 0 bridgehead atoms. The molecule has 1 saturated heterocycles. The quantitative estimate of drug-likeness (QED) is 0.875. The molecule has 0 unspecified atom stereocenters. The van der Waals surface area contributed by atoms with Gasteiger partial charge in [0, 0.05) is 25.1 Å². The zero-order chi connectivity index (χ0) is 13.2. The van der Waals surface area contributed by atoms with Crippen LogP contribution in [-0.4, -0.2) is 43.6 Å². The fraction of sp³-hybridized carbons (Fsp3) is 0.533. The van der Waals surface area contributed by atoms with Gasteiger partial charge >= 0.3 is 0 Å². The number of nitrogens with zero attached hydrogens (tertiary/aromatic N) is 1. The van der Waals surface area contributed by atoms with Crippen LogP contribution in [0.15, 0.2) is 18.2 Å². The van der Waals surface area contributed by atoms with E-state index >= 15 is 0 Å². The molecule has 2 aliphatic rings. The van der Waals surface area contributed by atoms with E-state index in [0.29, 0.717) is 6.04 Å². The fourth-order valence-electron chi connectivity index (χ4n) is 2.88. The van der Waals surface area contributed by atoms with Gasteiger partial charge in [0.25, 0.3) is 5.91 Å². The number of fused-ring (bicyclic) bond motifs is 1. The van der Waals surface area contributed by atoms with Crippen molar-refractivity contribution in [2.24, 2.45) is 0 Å². The number of hydrogen-bond donors (Lipinski definition) is 1. The van der Waals surface area contributed by atoms with Crippen LogP contribution in [0.25, 0.3) is 0 Å². The summed E-state index contributed by atoms with van der Waals surface area (Å²) in [5, 5.41) is 3.33. The second-order valence-corrected chi connectivity index (χ2v) is 5.32. The molecule has 2 heterocycles. The first-order valence-corrected chi connectivity index (χ1v) is 6.99. The average molecular weight is 260 g/mol. The van der Waals surface area contributed by atoms with Crippen LogP contribution in [0.5, 0.6) is 5.75 Å². The number of nitrogens with one attached hydrogen (secondary N) is 1. The van der Waals surface area contributed by atoms with Crippen molar-refractivity contribution in [1.82, 2.24) is 10.2 Å². The van der Waals surface area contributed by atoms with Crippen molar-refractivity contribution >= 4 is 5.91 Å². The molecule has 1 fully saturated rings. The molecule has 19 heavy (non-hydrogen) atoms. The van der Waals surface area contributed by atoms with Gasteiger partial charge in [-0.3, -0.25) is 4.79 Å². The van der Waals surface area contributed by atoms with Crippen molar-refractivity contribution < 1.29 is 9.53 Å². The van der Waals surface area contributed by atoms with E-state index in [1.165, 1.54) is 0 Å². The molecule has 0 spiro atoms. The van der Waals surface area contributed by atoms with E-state index in [9.17, 15) is 4.79 Å². The van der Waals surface area contributed by atoms with Crippen LogP contribution in [0.4, 0.5) is 0 Å². The summed E-state index contributed by atoms with van der Waals surface area (Å²) in [7, 11) is 1.92. The van der Waals surface area contributed by atoms with Crippen molar-refractivity contribution in [1.29, 1.82) is 0 Å². The molecule has 3 rings (SSSR count). The summed E-state index contributed by atoms with van der Waals surface area (Å²) in [4.78, 5) is 14.4. The third kappa shape index (κ3) is 2.45. The van der Waals surface area contributed by atoms with E-state index < -0.39 is 0 Å². The van der Waals surface area contributed by atoms with Crippen molar-refractivity contribution in [2.45, 2.75) is 25.3 Å². The normalized spacial score (nSPS) is 18.8. The van der Waals surface area contributed by atoms with Crippen molar-refractivity contribution in [2.75, 3.05) is 26.7 Å². The maximum Gasteiger partial charge on any atom is 0.253 e. The molecule has 0 saturated carbocycles. The second-order valence-electron chi connectivity index (χ2n) is 5.32. The van der Waals surface area contributed by atoms with Crippen LogP contribution >= 0.6 is 0 Å². The average Bonchev–Trinajstić information content (AvgIpc) is 2.94. The Morgan fingerprint density at radius 2 is 2.16 bits per heavy atom. The largest absolute Gasteiger partial charge is 0.493 e. The zero-order valence-corrected chi connectivity index (χ0v) is 11.3. The highest BCUT2D eigenvalue weighted by atomic mass is 16.5. The summed E-state index contributed by atoms with van der Waals surface area (Å²) in [5.41, 5.74) is 1.94. The van der Waals surface area contributed by atoms with Gasteiger partial charge in [0.15, 0.2) is 0 Å². The predicted molar refractivity (Wildman–Crippen MR) is 73.6 cm³/mol. The minimum atomic E-state index is 0.126. The van der Waals surface area contributed by atoms with Gasteiger partial charge in [-0.25, -0.2) is 0 Å². The van der Waals surface area contributed by atoms with E-state index in [-0.39, 0.29) is 5.91 Å². The molecule has 1 N–H and O–H groups in total. The third-order valence-electron chi connectivity index (χ3n) is 4.11. The Bertz CT molecular complexity index is 481. The number of rotatable bonds is 2. The fourth-order valence-corrected chi connectivity index (χ4v) is 2.88. The minimum Gasteiger partial charge on any atom is -0.493 e. The summed E-state index contributed by atoms with van der Waals surface area (Å²) in [6.07, 6.45) is 2.99. The molecular weight excluding hydrogens is 240 g/mol. The van der Waals surface area contributed by atoms with E-state index in [2.05, 4.69) is 5.32 Å². The Morgan fingerprint density at radius 3 is 2.95 bits per heavy atom. The molecule has 1 aromatic carbocycles. The predicted octanol–water partition coefficient (Wildman–Crippen LogP) is 1.45. The van der Waals surface area contributed by atoms with Gasteiger partial charge in [-0.2, -0.15) is 0 Å². The number of hydrogen-bond acceptors (Lipinski definition) is 3. The lowest BCUT2D eigenvalue weighted by molar-refractivity contribution is 0.0703. The SMILES string of the molecule is CN(C(=O)c1ccc2c(c1)CCO2)C1CCNCC1. The molecule has 0 radical (unpaired) electrons. The highest BCUT2D eigenvalue weighted by Crippen LogP contribution is 2.26. The summed E-state index contributed by atoms with van der Waals surface area (Å²) in [5.74, 6) is 1.06. The van der Waals surface area contributed by atoms with Crippen LogP contribution in [0.2, 0.25) is 0 Å². The molecular formula is C15H20N2O2. The molecule has 4 nitrogen and oxygen atoms in total. The van der Waals surface area contributed by atoms with Gasteiger partial charge in [0.2, 0.25) is 0 Å². The Balaban J connectivity index is 1.75. The van der Waals surface area contributed by atoms with Gasteiger partial charge in [0.05, 0.1) is 6.61 Å². The maximum atomic E-state index is 12.5. The van der Waals surface area contributed by atoms with Gasteiger partial charge in [-0.05, 0) is 49.7 Å². The van der Waals surface area contributed by atoms with E-state index in [4.69, 9.17) is 4.74 Å². The summed E-state index contributed by atoms with van der Waals surface area (Å²) in [6.45, 7) is 2.73. The Hall–Kier alpha value is -1.55. The van der Waals surface area contributed by atoms with Crippen molar-refractivity contribution in [3.8, 4) is 5.75 Å². The van der Waals surface area contributed by atoms with Crippen LogP contribution < -0.4 is 10.1 Å². The lowest BCUT2D eigenvalue weighted by Crippen LogP contribution is -2.43.